The highest BCUT2D eigenvalue weighted by Crippen LogP contribution is 2.42. The lowest BCUT2D eigenvalue weighted by Gasteiger charge is -2.41. The Kier molecular flexibility index (Phi) is 3.18. The van der Waals surface area contributed by atoms with Crippen molar-refractivity contribution < 1.29 is 4.79 Å². The molecule has 0 aromatic rings. The van der Waals surface area contributed by atoms with Gasteiger partial charge >= 0.3 is 0 Å². The fourth-order valence-electron chi connectivity index (χ4n) is 2.79. The van der Waals surface area contributed by atoms with Crippen molar-refractivity contribution >= 4 is 5.91 Å². The summed E-state index contributed by atoms with van der Waals surface area (Å²) in [6, 6.07) is 2.25. The van der Waals surface area contributed by atoms with Gasteiger partial charge < -0.3 is 4.90 Å². The summed E-state index contributed by atoms with van der Waals surface area (Å²) >= 11 is 0. The number of hydrogen-bond acceptors (Lipinski definition) is 2. The van der Waals surface area contributed by atoms with Crippen LogP contribution in [0.15, 0.2) is 0 Å². The molecule has 0 spiro atoms. The molecule has 0 bridgehead atoms. The monoisotopic (exact) mass is 220 g/mol. The van der Waals surface area contributed by atoms with E-state index in [0.29, 0.717) is 5.92 Å². The largest absolute Gasteiger partial charge is 0.341 e. The van der Waals surface area contributed by atoms with Crippen LogP contribution in [0, 0.1) is 22.7 Å². The van der Waals surface area contributed by atoms with Crippen LogP contribution in [0.3, 0.4) is 0 Å². The lowest BCUT2D eigenvalue weighted by Crippen LogP contribution is -2.50. The molecule has 0 radical (unpaired) electrons. The predicted molar refractivity (Wildman–Crippen MR) is 61.5 cm³/mol. The second-order valence-electron chi connectivity index (χ2n) is 5.22. The zero-order valence-electron chi connectivity index (χ0n) is 10.0. The van der Waals surface area contributed by atoms with Gasteiger partial charge in [-0.1, -0.05) is 13.3 Å². The highest BCUT2D eigenvalue weighted by atomic mass is 16.2. The molecule has 2 fully saturated rings. The molecule has 1 aliphatic heterocycles. The van der Waals surface area contributed by atoms with Crippen molar-refractivity contribution in [1.82, 2.24) is 4.90 Å². The van der Waals surface area contributed by atoms with Gasteiger partial charge in [0.05, 0.1) is 6.07 Å². The van der Waals surface area contributed by atoms with E-state index in [4.69, 9.17) is 5.26 Å². The van der Waals surface area contributed by atoms with Crippen LogP contribution >= 0.6 is 0 Å². The Hall–Kier alpha value is -1.04. The molecule has 3 nitrogen and oxygen atoms in total. The van der Waals surface area contributed by atoms with Crippen LogP contribution in [0.4, 0.5) is 0 Å². The van der Waals surface area contributed by atoms with Gasteiger partial charge in [0.1, 0.15) is 5.41 Å². The van der Waals surface area contributed by atoms with E-state index in [9.17, 15) is 4.79 Å². The molecule has 0 aromatic heterocycles. The maximum absolute atomic E-state index is 12.3. The molecule has 16 heavy (non-hydrogen) atoms. The standard InChI is InChI=1S/C13H20N2O/c1-2-11-5-3-8-15(9-11)12(16)13(10-14)6-4-7-13/h11H,2-9H2,1H3. The summed E-state index contributed by atoms with van der Waals surface area (Å²) in [6.45, 7) is 3.92. The molecular formula is C13H20N2O. The first-order valence-electron chi connectivity index (χ1n) is 6.42. The third-order valence-electron chi connectivity index (χ3n) is 4.21. The number of piperidine rings is 1. The van der Waals surface area contributed by atoms with Gasteiger partial charge in [-0.15, -0.1) is 0 Å². The summed E-state index contributed by atoms with van der Waals surface area (Å²) in [5, 5.41) is 9.16. The average Bonchev–Trinajstić information content (AvgIpc) is 2.28. The Bertz CT molecular complexity index is 314. The van der Waals surface area contributed by atoms with E-state index in [1.54, 1.807) is 0 Å². The first-order chi connectivity index (χ1) is 7.72. The van der Waals surface area contributed by atoms with Gasteiger partial charge in [-0.05, 0) is 38.0 Å². The molecule has 1 unspecified atom stereocenters. The normalized spacial score (nSPS) is 28.0. The predicted octanol–water partition coefficient (Wildman–Crippen LogP) is 2.33. The van der Waals surface area contributed by atoms with Gasteiger partial charge in [-0.25, -0.2) is 0 Å². The Morgan fingerprint density at radius 3 is 2.75 bits per heavy atom. The number of nitriles is 1. The Labute approximate surface area is 97.4 Å². The second kappa shape index (κ2) is 4.45. The molecule has 1 atom stereocenters. The van der Waals surface area contributed by atoms with Crippen molar-refractivity contribution in [2.75, 3.05) is 13.1 Å². The molecule has 1 saturated carbocycles. The SMILES string of the molecule is CCC1CCCN(C(=O)C2(C#N)CCC2)C1. The maximum atomic E-state index is 12.3. The maximum Gasteiger partial charge on any atom is 0.243 e. The van der Waals surface area contributed by atoms with Gasteiger partial charge in [0, 0.05) is 13.1 Å². The van der Waals surface area contributed by atoms with Crippen molar-refractivity contribution in [3.63, 3.8) is 0 Å². The summed E-state index contributed by atoms with van der Waals surface area (Å²) in [4.78, 5) is 14.2. The summed E-state index contributed by atoms with van der Waals surface area (Å²) in [6.07, 6.45) is 6.06. The van der Waals surface area contributed by atoms with Crippen LogP contribution in [0.25, 0.3) is 0 Å². The van der Waals surface area contributed by atoms with Gasteiger partial charge in [0.2, 0.25) is 5.91 Å². The van der Waals surface area contributed by atoms with Gasteiger partial charge in [-0.3, -0.25) is 4.79 Å². The smallest absolute Gasteiger partial charge is 0.243 e. The number of hydrogen-bond donors (Lipinski definition) is 0. The topological polar surface area (TPSA) is 44.1 Å². The molecular weight excluding hydrogens is 200 g/mol. The van der Waals surface area contributed by atoms with Crippen molar-refractivity contribution in [3.8, 4) is 6.07 Å². The molecule has 2 rings (SSSR count). The van der Waals surface area contributed by atoms with Crippen molar-refractivity contribution in [3.05, 3.63) is 0 Å². The van der Waals surface area contributed by atoms with Crippen LogP contribution < -0.4 is 0 Å². The molecule has 0 N–H and O–H groups in total. The number of amides is 1. The van der Waals surface area contributed by atoms with E-state index >= 15 is 0 Å². The van der Waals surface area contributed by atoms with E-state index in [0.717, 1.165) is 45.2 Å². The first-order valence-corrected chi connectivity index (χ1v) is 6.42. The molecule has 88 valence electrons. The lowest BCUT2D eigenvalue weighted by molar-refractivity contribution is -0.144. The van der Waals surface area contributed by atoms with E-state index in [1.807, 2.05) is 4.90 Å². The number of carbonyl (C=O) groups is 1. The summed E-state index contributed by atoms with van der Waals surface area (Å²) in [5.74, 6) is 0.757. The zero-order valence-corrected chi connectivity index (χ0v) is 10.0. The zero-order chi connectivity index (χ0) is 11.6. The van der Waals surface area contributed by atoms with Gasteiger partial charge in [0.25, 0.3) is 0 Å². The summed E-state index contributed by atoms with van der Waals surface area (Å²) in [7, 11) is 0. The minimum atomic E-state index is -0.643. The first kappa shape index (κ1) is 11.4. The molecule has 3 heteroatoms. The molecule has 1 aliphatic carbocycles. The van der Waals surface area contributed by atoms with Crippen molar-refractivity contribution in [1.29, 1.82) is 5.26 Å². The summed E-state index contributed by atoms with van der Waals surface area (Å²) in [5.41, 5.74) is -0.643. The van der Waals surface area contributed by atoms with E-state index in [-0.39, 0.29) is 5.91 Å². The number of nitrogens with zero attached hydrogens (tertiary/aromatic N) is 2. The fraction of sp³-hybridized carbons (Fsp3) is 0.846. The van der Waals surface area contributed by atoms with Gasteiger partial charge in [-0.2, -0.15) is 5.26 Å². The molecule has 2 aliphatic rings. The van der Waals surface area contributed by atoms with E-state index in [1.165, 1.54) is 6.42 Å². The lowest BCUT2D eigenvalue weighted by atomic mass is 9.68. The highest BCUT2D eigenvalue weighted by molar-refractivity contribution is 5.86. The molecule has 1 amide bonds. The number of rotatable bonds is 2. The molecule has 1 saturated heterocycles. The van der Waals surface area contributed by atoms with Gasteiger partial charge in [0.15, 0.2) is 0 Å². The van der Waals surface area contributed by atoms with E-state index < -0.39 is 5.41 Å². The molecule has 1 heterocycles. The van der Waals surface area contributed by atoms with Crippen LogP contribution in [0.2, 0.25) is 0 Å². The van der Waals surface area contributed by atoms with Crippen LogP contribution in [0.5, 0.6) is 0 Å². The molecule has 0 aromatic carbocycles. The number of carbonyl (C=O) groups excluding carboxylic acids is 1. The fourth-order valence-corrected chi connectivity index (χ4v) is 2.79. The van der Waals surface area contributed by atoms with Crippen LogP contribution in [0.1, 0.15) is 45.4 Å². The average molecular weight is 220 g/mol. The quantitative estimate of drug-likeness (QED) is 0.717. The van der Waals surface area contributed by atoms with E-state index in [2.05, 4.69) is 13.0 Å². The third-order valence-corrected chi connectivity index (χ3v) is 4.21. The van der Waals surface area contributed by atoms with Crippen molar-refractivity contribution in [2.45, 2.75) is 45.4 Å². The van der Waals surface area contributed by atoms with Crippen LogP contribution in [-0.2, 0) is 4.79 Å². The Morgan fingerprint density at radius 1 is 1.50 bits per heavy atom. The van der Waals surface area contributed by atoms with Crippen LogP contribution in [-0.4, -0.2) is 23.9 Å². The second-order valence-corrected chi connectivity index (χ2v) is 5.22. The van der Waals surface area contributed by atoms with Crippen molar-refractivity contribution in [2.24, 2.45) is 11.3 Å². The Morgan fingerprint density at radius 2 is 2.25 bits per heavy atom. The minimum absolute atomic E-state index is 0.111. The third kappa shape index (κ3) is 1.81. The Balaban J connectivity index is 2.02. The number of likely N-dealkylation sites (tertiary alicyclic amines) is 1. The minimum Gasteiger partial charge on any atom is -0.341 e. The highest BCUT2D eigenvalue weighted by Gasteiger charge is 2.47. The summed E-state index contributed by atoms with van der Waals surface area (Å²) < 4.78 is 0.